The lowest BCUT2D eigenvalue weighted by molar-refractivity contribution is -0.128. The predicted molar refractivity (Wildman–Crippen MR) is 173 cm³/mol. The van der Waals surface area contributed by atoms with E-state index < -0.39 is 0 Å². The number of benzene rings is 1. The van der Waals surface area contributed by atoms with E-state index >= 15 is 0 Å². The monoisotopic (exact) mass is 621 g/mol. The summed E-state index contributed by atoms with van der Waals surface area (Å²) in [6.45, 7) is 10.9. The highest BCUT2D eigenvalue weighted by atomic mass is 16.5. The summed E-state index contributed by atoms with van der Waals surface area (Å²) < 4.78 is 11.8. The number of para-hydroxylation sites is 1. The van der Waals surface area contributed by atoms with E-state index in [0.717, 1.165) is 79.6 Å². The van der Waals surface area contributed by atoms with Gasteiger partial charge in [0.05, 0.1) is 62.5 Å². The van der Waals surface area contributed by atoms with E-state index in [1.54, 1.807) is 4.90 Å². The first-order valence-corrected chi connectivity index (χ1v) is 15.9. The molecule has 0 radical (unpaired) electrons. The van der Waals surface area contributed by atoms with Gasteiger partial charge in [-0.1, -0.05) is 24.8 Å². The number of morpholine rings is 1. The van der Waals surface area contributed by atoms with Crippen molar-refractivity contribution in [1.29, 1.82) is 10.5 Å². The fraction of sp³-hybridized carbons (Fsp3) is 0.441. The number of aromatic nitrogens is 3. The van der Waals surface area contributed by atoms with Crippen LogP contribution in [0.5, 0.6) is 5.88 Å². The third-order valence-corrected chi connectivity index (χ3v) is 9.00. The van der Waals surface area contributed by atoms with Crippen molar-refractivity contribution in [3.63, 3.8) is 0 Å². The van der Waals surface area contributed by atoms with E-state index in [2.05, 4.69) is 55.7 Å². The summed E-state index contributed by atoms with van der Waals surface area (Å²) in [7, 11) is 0. The molecule has 3 aliphatic rings. The number of pyridine rings is 1. The van der Waals surface area contributed by atoms with Gasteiger partial charge in [0.1, 0.15) is 11.6 Å². The molecule has 238 valence electrons. The van der Waals surface area contributed by atoms with Crippen molar-refractivity contribution in [2.75, 3.05) is 75.4 Å². The van der Waals surface area contributed by atoms with Crippen LogP contribution < -0.4 is 14.5 Å². The van der Waals surface area contributed by atoms with Crippen LogP contribution in [-0.2, 0) is 22.5 Å². The zero-order chi connectivity index (χ0) is 31.9. The second kappa shape index (κ2) is 14.5. The summed E-state index contributed by atoms with van der Waals surface area (Å²) in [5.41, 5.74) is 6.29. The van der Waals surface area contributed by atoms with E-state index in [9.17, 15) is 15.3 Å². The molecule has 0 saturated carbocycles. The Morgan fingerprint density at radius 2 is 2.00 bits per heavy atom. The Hall–Kier alpha value is -4.91. The number of H-pyrrole nitrogens is 1. The maximum absolute atomic E-state index is 12.6. The molecule has 2 aromatic heterocycles. The van der Waals surface area contributed by atoms with Gasteiger partial charge in [0.15, 0.2) is 0 Å². The second-order valence-electron chi connectivity index (χ2n) is 11.7. The molecule has 0 bridgehead atoms. The van der Waals surface area contributed by atoms with Crippen molar-refractivity contribution in [2.45, 2.75) is 31.8 Å². The fourth-order valence-electron chi connectivity index (χ4n) is 6.71. The number of ether oxygens (including phenoxy) is 2. The van der Waals surface area contributed by atoms with Crippen LogP contribution in [0.25, 0.3) is 11.1 Å². The zero-order valence-corrected chi connectivity index (χ0v) is 26.0. The lowest BCUT2D eigenvalue weighted by Gasteiger charge is -2.43. The van der Waals surface area contributed by atoms with E-state index in [-0.39, 0.29) is 18.4 Å². The smallest absolute Gasteiger partial charge is 0.246 e. The molecule has 12 heteroatoms. The van der Waals surface area contributed by atoms with Crippen molar-refractivity contribution in [1.82, 2.24) is 25.0 Å². The molecule has 1 unspecified atom stereocenters. The molecule has 5 heterocycles. The van der Waals surface area contributed by atoms with Gasteiger partial charge in [0.2, 0.25) is 11.8 Å². The summed E-state index contributed by atoms with van der Waals surface area (Å²) in [5, 5.41) is 27.2. The average molecular weight is 622 g/mol. The van der Waals surface area contributed by atoms with Crippen LogP contribution >= 0.6 is 0 Å². The lowest BCUT2D eigenvalue weighted by Crippen LogP contribution is -2.55. The van der Waals surface area contributed by atoms with Crippen molar-refractivity contribution in [3.05, 3.63) is 66.1 Å². The Morgan fingerprint density at radius 1 is 1.15 bits per heavy atom. The molecule has 1 N–H and O–H groups in total. The summed E-state index contributed by atoms with van der Waals surface area (Å²) >= 11 is 0. The van der Waals surface area contributed by atoms with Crippen molar-refractivity contribution in [3.8, 4) is 29.1 Å². The second-order valence-corrected chi connectivity index (χ2v) is 11.7. The minimum Gasteiger partial charge on any atom is -0.477 e. The van der Waals surface area contributed by atoms with Crippen LogP contribution in [0.15, 0.2) is 49.3 Å². The summed E-state index contributed by atoms with van der Waals surface area (Å²) in [4.78, 5) is 26.2. The van der Waals surface area contributed by atoms with Crippen LogP contribution in [0.4, 0.5) is 11.4 Å². The number of fused-ring (bicyclic) bond motifs is 1. The van der Waals surface area contributed by atoms with Gasteiger partial charge in [-0.15, -0.1) is 0 Å². The molecular formula is C34H39N9O3. The Kier molecular flexibility index (Phi) is 9.77. The molecule has 1 amide bonds. The normalized spacial score (nSPS) is 18.4. The van der Waals surface area contributed by atoms with Crippen LogP contribution in [0.1, 0.15) is 29.7 Å². The molecule has 0 spiro atoms. The number of anilines is 2. The number of hydrogen-bond acceptors (Lipinski definition) is 10. The molecule has 2 fully saturated rings. The Balaban J connectivity index is 1.33. The molecular weight excluding hydrogens is 582 g/mol. The molecule has 12 nitrogen and oxygen atoms in total. The van der Waals surface area contributed by atoms with E-state index in [1.165, 1.54) is 6.08 Å². The molecule has 46 heavy (non-hydrogen) atoms. The summed E-state index contributed by atoms with van der Waals surface area (Å²) in [6.07, 6.45) is 6.68. The minimum absolute atomic E-state index is 0.187. The predicted octanol–water partition coefficient (Wildman–Crippen LogP) is 3.12. The maximum atomic E-state index is 12.6. The average Bonchev–Trinajstić information content (AvgIpc) is 3.65. The van der Waals surface area contributed by atoms with Crippen LogP contribution in [0.3, 0.4) is 0 Å². The number of hydrogen-bond donors (Lipinski definition) is 1. The van der Waals surface area contributed by atoms with Gasteiger partial charge in [-0.05, 0) is 25.0 Å². The van der Waals surface area contributed by atoms with Crippen LogP contribution in [-0.4, -0.2) is 103 Å². The number of nitrogens with one attached hydrogen (secondary N) is 1. The zero-order valence-electron chi connectivity index (χ0n) is 26.0. The molecule has 3 aliphatic heterocycles. The molecule has 2 saturated heterocycles. The lowest BCUT2D eigenvalue weighted by atomic mass is 9.96. The summed E-state index contributed by atoms with van der Waals surface area (Å²) in [6, 6.07) is 12.6. The number of aromatic amines is 1. The fourth-order valence-corrected chi connectivity index (χ4v) is 6.71. The van der Waals surface area contributed by atoms with E-state index in [0.29, 0.717) is 50.7 Å². The van der Waals surface area contributed by atoms with E-state index in [4.69, 9.17) is 14.5 Å². The van der Waals surface area contributed by atoms with Gasteiger partial charge in [-0.25, -0.2) is 4.98 Å². The van der Waals surface area contributed by atoms with Crippen LogP contribution in [0.2, 0.25) is 0 Å². The Labute approximate surface area is 269 Å². The number of carbonyl (C=O) groups is 1. The summed E-state index contributed by atoms with van der Waals surface area (Å²) in [5.74, 6) is 0.151. The van der Waals surface area contributed by atoms with Crippen molar-refractivity contribution < 1.29 is 14.3 Å². The Bertz CT molecular complexity index is 1620. The van der Waals surface area contributed by atoms with E-state index in [1.807, 2.05) is 24.5 Å². The minimum atomic E-state index is -0.320. The third kappa shape index (κ3) is 6.54. The first kappa shape index (κ1) is 31.1. The van der Waals surface area contributed by atoms with Gasteiger partial charge in [0, 0.05) is 74.4 Å². The number of piperazine rings is 1. The molecule has 1 atom stereocenters. The number of nitriles is 2. The molecule has 0 aliphatic carbocycles. The number of amides is 1. The van der Waals surface area contributed by atoms with Crippen molar-refractivity contribution in [2.24, 2.45) is 0 Å². The number of nitrogens with zero attached hydrogens (tertiary/aromatic N) is 8. The molecule has 3 aromatic rings. The number of carbonyl (C=O) groups excluding carboxylic acids is 1. The first-order valence-electron chi connectivity index (χ1n) is 15.9. The van der Waals surface area contributed by atoms with Gasteiger partial charge < -0.3 is 24.2 Å². The highest BCUT2D eigenvalue weighted by molar-refractivity contribution is 5.87. The van der Waals surface area contributed by atoms with Crippen LogP contribution in [0, 0.1) is 22.7 Å². The van der Waals surface area contributed by atoms with Gasteiger partial charge >= 0.3 is 0 Å². The highest BCUT2D eigenvalue weighted by Crippen LogP contribution is 2.40. The molecule has 1 aromatic carbocycles. The topological polar surface area (TPSA) is 138 Å². The largest absolute Gasteiger partial charge is 0.477 e. The third-order valence-electron chi connectivity index (χ3n) is 9.00. The van der Waals surface area contributed by atoms with Gasteiger partial charge in [-0.3, -0.25) is 14.8 Å². The SMILES string of the molecule is C=CC(=O)N1CCN(c2c(C#N)c(OCCCN3CCOCC3)nc3c2CCN(c2ccccc2-c2cn[nH]c2)C3)CC1CC#N. The van der Waals surface area contributed by atoms with Gasteiger partial charge in [0.25, 0.3) is 0 Å². The standard InChI is InChI=1S/C34H39N9O3/c1-2-32(44)43-14-13-42(23-26(43)8-10-35)33-28-9-12-41(31-7-4-3-6-27(31)25-21-37-38-22-25)24-30(28)39-34(29(33)20-36)46-17-5-11-40-15-18-45-19-16-40/h2-4,6-7,21-22,26H,1,5,8-9,11-19,23-24H2,(H,37,38). The quantitative estimate of drug-likeness (QED) is 0.266. The number of rotatable bonds is 10. The van der Waals surface area contributed by atoms with Crippen molar-refractivity contribution >= 4 is 17.3 Å². The van der Waals surface area contributed by atoms with Gasteiger partial charge in [-0.2, -0.15) is 15.6 Å². The first-order chi connectivity index (χ1) is 22.6. The Morgan fingerprint density at radius 3 is 2.76 bits per heavy atom. The molecule has 6 rings (SSSR count). The highest BCUT2D eigenvalue weighted by Gasteiger charge is 2.35. The maximum Gasteiger partial charge on any atom is 0.246 e.